The van der Waals surface area contributed by atoms with Crippen molar-refractivity contribution in [1.82, 2.24) is 30.1 Å². The van der Waals surface area contributed by atoms with E-state index in [0.29, 0.717) is 24.9 Å². The first-order valence-corrected chi connectivity index (χ1v) is 8.33. The molecule has 0 bridgehead atoms. The van der Waals surface area contributed by atoms with E-state index in [2.05, 4.69) is 25.5 Å². The lowest BCUT2D eigenvalue weighted by molar-refractivity contribution is -0.121. The van der Waals surface area contributed by atoms with Crippen LogP contribution in [0.25, 0.3) is 0 Å². The van der Waals surface area contributed by atoms with Crippen LogP contribution in [0.15, 0.2) is 16.9 Å². The monoisotopic (exact) mass is 348 g/mol. The van der Waals surface area contributed by atoms with Crippen molar-refractivity contribution in [2.45, 2.75) is 38.9 Å². The van der Waals surface area contributed by atoms with Crippen molar-refractivity contribution in [2.75, 3.05) is 26.8 Å². The van der Waals surface area contributed by atoms with Crippen LogP contribution in [0.3, 0.4) is 0 Å². The van der Waals surface area contributed by atoms with Crippen LogP contribution >= 0.6 is 0 Å². The number of amides is 1. The fourth-order valence-corrected chi connectivity index (χ4v) is 3.24. The molecular weight excluding hydrogens is 324 g/mol. The van der Waals surface area contributed by atoms with Crippen molar-refractivity contribution in [3.8, 4) is 0 Å². The highest BCUT2D eigenvalue weighted by atomic mass is 16.5. The molecule has 3 heterocycles. The predicted octanol–water partition coefficient (Wildman–Crippen LogP) is 0.458. The van der Waals surface area contributed by atoms with E-state index < -0.39 is 5.54 Å². The van der Waals surface area contributed by atoms with E-state index in [4.69, 9.17) is 9.26 Å². The molecule has 0 aliphatic carbocycles. The van der Waals surface area contributed by atoms with Gasteiger partial charge in [-0.05, 0) is 13.3 Å². The summed E-state index contributed by atoms with van der Waals surface area (Å²) in [6.45, 7) is 6.84. The Balaban J connectivity index is 1.69. The Kier molecular flexibility index (Phi) is 5.14. The Labute approximate surface area is 146 Å². The third-order valence-electron chi connectivity index (χ3n) is 4.32. The van der Waals surface area contributed by atoms with Crippen molar-refractivity contribution in [2.24, 2.45) is 0 Å². The van der Waals surface area contributed by atoms with Crippen LogP contribution in [0, 0.1) is 6.92 Å². The van der Waals surface area contributed by atoms with Crippen molar-refractivity contribution < 1.29 is 14.1 Å². The molecule has 0 saturated carbocycles. The Hall–Kier alpha value is -2.26. The summed E-state index contributed by atoms with van der Waals surface area (Å²) < 4.78 is 12.3. The van der Waals surface area contributed by atoms with Gasteiger partial charge in [0.25, 0.3) is 5.89 Å². The van der Waals surface area contributed by atoms with Crippen molar-refractivity contribution in [3.05, 3.63) is 29.7 Å². The van der Waals surface area contributed by atoms with E-state index in [9.17, 15) is 4.79 Å². The summed E-state index contributed by atoms with van der Waals surface area (Å²) in [5.41, 5.74) is 0.496. The Morgan fingerprint density at radius 1 is 1.52 bits per heavy atom. The minimum absolute atomic E-state index is 0.106. The van der Waals surface area contributed by atoms with Gasteiger partial charge in [0.2, 0.25) is 5.91 Å². The largest absolute Gasteiger partial charge is 0.383 e. The molecular formula is C16H24N6O3. The summed E-state index contributed by atoms with van der Waals surface area (Å²) in [7, 11) is 1.68. The third-order valence-corrected chi connectivity index (χ3v) is 4.32. The number of carbonyl (C=O) groups excluding carboxylic acids is 1. The van der Waals surface area contributed by atoms with E-state index in [1.165, 1.54) is 6.92 Å². The van der Waals surface area contributed by atoms with Gasteiger partial charge in [-0.2, -0.15) is 10.1 Å². The summed E-state index contributed by atoms with van der Waals surface area (Å²) in [6.07, 6.45) is 4.62. The molecule has 1 saturated heterocycles. The van der Waals surface area contributed by atoms with Crippen molar-refractivity contribution >= 4 is 5.91 Å². The number of nitrogens with zero attached hydrogens (tertiary/aromatic N) is 5. The van der Waals surface area contributed by atoms with Crippen LogP contribution in [0.4, 0.5) is 0 Å². The second-order valence-corrected chi connectivity index (χ2v) is 6.48. The molecule has 0 aromatic carbocycles. The lowest BCUT2D eigenvalue weighted by atomic mass is 9.98. The lowest BCUT2D eigenvalue weighted by Crippen LogP contribution is -2.47. The Morgan fingerprint density at radius 3 is 3.04 bits per heavy atom. The second-order valence-electron chi connectivity index (χ2n) is 6.48. The number of hydrogen-bond acceptors (Lipinski definition) is 7. The summed E-state index contributed by atoms with van der Waals surface area (Å²) in [6, 6.07) is 0. The number of likely N-dealkylation sites (tertiary alicyclic amines) is 1. The molecule has 1 aliphatic rings. The number of aromatic nitrogens is 4. The Morgan fingerprint density at radius 2 is 2.36 bits per heavy atom. The highest BCUT2D eigenvalue weighted by molar-refractivity contribution is 5.74. The van der Waals surface area contributed by atoms with Gasteiger partial charge in [0.1, 0.15) is 5.54 Å². The first-order valence-electron chi connectivity index (χ1n) is 8.33. The molecule has 2 aromatic heterocycles. The second kappa shape index (κ2) is 7.32. The molecule has 136 valence electrons. The Bertz CT molecular complexity index is 727. The number of rotatable bonds is 7. The van der Waals surface area contributed by atoms with Crippen LogP contribution in [0.2, 0.25) is 0 Å². The number of methoxy groups -OCH3 is 1. The minimum atomic E-state index is -0.626. The average Bonchev–Trinajstić information content (AvgIpc) is 3.27. The topological polar surface area (TPSA) is 98.3 Å². The fraction of sp³-hybridized carbons (Fsp3) is 0.625. The predicted molar refractivity (Wildman–Crippen MR) is 88.5 cm³/mol. The first kappa shape index (κ1) is 17.6. The maximum Gasteiger partial charge on any atom is 0.253 e. The molecule has 2 aromatic rings. The number of hydrogen-bond donors (Lipinski definition) is 1. The molecule has 25 heavy (non-hydrogen) atoms. The average molecular weight is 348 g/mol. The molecule has 0 radical (unpaired) electrons. The van der Waals surface area contributed by atoms with Gasteiger partial charge in [0, 0.05) is 45.4 Å². The van der Waals surface area contributed by atoms with Gasteiger partial charge < -0.3 is 14.6 Å². The molecule has 1 unspecified atom stereocenters. The smallest absolute Gasteiger partial charge is 0.253 e. The molecule has 1 atom stereocenters. The summed E-state index contributed by atoms with van der Waals surface area (Å²) in [4.78, 5) is 18.3. The number of aryl methyl sites for hydroxylation is 1. The van der Waals surface area contributed by atoms with Gasteiger partial charge in [0.15, 0.2) is 5.82 Å². The third kappa shape index (κ3) is 4.05. The van der Waals surface area contributed by atoms with Crippen LogP contribution < -0.4 is 5.32 Å². The van der Waals surface area contributed by atoms with Crippen LogP contribution in [0.1, 0.15) is 30.6 Å². The first-order chi connectivity index (χ1) is 12.0. The molecule has 1 fully saturated rings. The lowest BCUT2D eigenvalue weighted by Gasteiger charge is -2.26. The number of nitrogens with one attached hydrogen (secondary N) is 1. The molecule has 3 rings (SSSR count). The zero-order valence-electron chi connectivity index (χ0n) is 14.9. The molecule has 1 N–H and O–H groups in total. The van der Waals surface area contributed by atoms with E-state index in [-0.39, 0.29) is 5.91 Å². The number of ether oxygens (including phenoxy) is 1. The summed E-state index contributed by atoms with van der Waals surface area (Å²) >= 11 is 0. The van der Waals surface area contributed by atoms with E-state index in [1.54, 1.807) is 14.0 Å². The van der Waals surface area contributed by atoms with Crippen molar-refractivity contribution in [1.29, 1.82) is 0 Å². The fourth-order valence-electron chi connectivity index (χ4n) is 3.24. The van der Waals surface area contributed by atoms with Gasteiger partial charge in [0.05, 0.1) is 19.3 Å². The molecule has 0 spiro atoms. The van der Waals surface area contributed by atoms with Crippen molar-refractivity contribution in [3.63, 3.8) is 0 Å². The van der Waals surface area contributed by atoms with Gasteiger partial charge in [-0.1, -0.05) is 5.16 Å². The van der Waals surface area contributed by atoms with Crippen LogP contribution in [-0.2, 0) is 28.2 Å². The molecule has 9 nitrogen and oxygen atoms in total. The minimum Gasteiger partial charge on any atom is -0.383 e. The van der Waals surface area contributed by atoms with Gasteiger partial charge in [-0.15, -0.1) is 0 Å². The van der Waals surface area contributed by atoms with Gasteiger partial charge in [-0.25, -0.2) is 0 Å². The molecule has 1 aliphatic heterocycles. The molecule has 9 heteroatoms. The molecule has 1 amide bonds. The highest BCUT2D eigenvalue weighted by Crippen LogP contribution is 2.32. The quantitative estimate of drug-likeness (QED) is 0.776. The van der Waals surface area contributed by atoms with Gasteiger partial charge in [-0.3, -0.25) is 14.4 Å². The number of carbonyl (C=O) groups is 1. The maximum atomic E-state index is 11.7. The van der Waals surface area contributed by atoms with E-state index >= 15 is 0 Å². The normalized spacial score (nSPS) is 20.9. The SMILES string of the molecule is COCCn1cc(CN2CCC(NC(C)=O)(c3nc(C)no3)C2)cn1. The summed E-state index contributed by atoms with van der Waals surface area (Å²) in [5.74, 6) is 0.932. The van der Waals surface area contributed by atoms with E-state index in [0.717, 1.165) is 31.6 Å². The standard InChI is InChI=1S/C16H24N6O3/c1-12-18-15(25-20-12)16(19-13(2)23)4-5-21(11-16)9-14-8-17-22(10-14)6-7-24-3/h8,10H,4-7,9,11H2,1-3H3,(H,19,23). The van der Waals surface area contributed by atoms with E-state index in [1.807, 2.05) is 17.1 Å². The van der Waals surface area contributed by atoms with Gasteiger partial charge >= 0.3 is 0 Å². The zero-order chi connectivity index (χ0) is 17.9. The summed E-state index contributed by atoms with van der Waals surface area (Å²) in [5, 5.41) is 11.2. The highest BCUT2D eigenvalue weighted by Gasteiger charge is 2.45. The van der Waals surface area contributed by atoms with Crippen LogP contribution in [-0.4, -0.2) is 57.5 Å². The maximum absolute atomic E-state index is 11.7. The zero-order valence-corrected chi connectivity index (χ0v) is 14.9. The van der Waals surface area contributed by atoms with Crippen LogP contribution in [0.5, 0.6) is 0 Å².